The van der Waals surface area contributed by atoms with Crippen LogP contribution in [0.1, 0.15) is 22.9 Å². The van der Waals surface area contributed by atoms with Gasteiger partial charge in [-0.15, -0.1) is 12.4 Å². The maximum absolute atomic E-state index is 9.47. The number of hydrogen-bond donors (Lipinski definition) is 1. The molecule has 3 aromatic carbocycles. The van der Waals surface area contributed by atoms with Crippen molar-refractivity contribution < 1.29 is 4.74 Å². The molecule has 0 radical (unpaired) electrons. The van der Waals surface area contributed by atoms with E-state index in [1.54, 1.807) is 12.4 Å². The number of halogens is 1. The molecule has 0 saturated heterocycles. The molecule has 4 aromatic rings. The average molecular weight is 405 g/mol. The Labute approximate surface area is 175 Å². The standard InChI is InChI=1S/C23H20N4O.ClH/c1-27-15-26-14-20(27)12-22(25)18-6-7-19(13-24)23(11-18)28-21-9-8-16-4-2-3-5-17(16)10-21;/h2-11,14-15,22H,12,25H2,1H3;1H. The third-order valence-corrected chi connectivity index (χ3v) is 4.85. The van der Waals surface area contributed by atoms with Gasteiger partial charge in [0.15, 0.2) is 0 Å². The van der Waals surface area contributed by atoms with E-state index in [-0.39, 0.29) is 18.4 Å². The number of nitrogens with zero attached hydrogens (tertiary/aromatic N) is 3. The molecule has 0 saturated carbocycles. The zero-order chi connectivity index (χ0) is 19.5. The first-order chi connectivity index (χ1) is 13.6. The number of aromatic nitrogens is 2. The molecule has 1 aromatic heterocycles. The molecule has 2 N–H and O–H groups in total. The number of aryl methyl sites for hydroxylation is 1. The van der Waals surface area contributed by atoms with Crippen molar-refractivity contribution in [2.75, 3.05) is 0 Å². The second kappa shape index (κ2) is 8.78. The fourth-order valence-electron chi connectivity index (χ4n) is 3.23. The van der Waals surface area contributed by atoms with Gasteiger partial charge in [0, 0.05) is 31.4 Å². The highest BCUT2D eigenvalue weighted by Crippen LogP contribution is 2.30. The number of nitrogens with two attached hydrogens (primary N) is 1. The zero-order valence-corrected chi connectivity index (χ0v) is 16.8. The zero-order valence-electron chi connectivity index (χ0n) is 15.9. The Balaban J connectivity index is 0.00000240. The predicted molar refractivity (Wildman–Crippen MR) is 116 cm³/mol. The lowest BCUT2D eigenvalue weighted by atomic mass is 10.0. The van der Waals surface area contributed by atoms with E-state index >= 15 is 0 Å². The van der Waals surface area contributed by atoms with Gasteiger partial charge in [-0.25, -0.2) is 4.98 Å². The Hall–Kier alpha value is -3.33. The van der Waals surface area contributed by atoms with Gasteiger partial charge in [-0.1, -0.05) is 36.4 Å². The van der Waals surface area contributed by atoms with Gasteiger partial charge in [0.25, 0.3) is 0 Å². The van der Waals surface area contributed by atoms with Gasteiger partial charge in [-0.3, -0.25) is 0 Å². The van der Waals surface area contributed by atoms with Crippen LogP contribution in [-0.2, 0) is 13.5 Å². The first kappa shape index (κ1) is 20.4. The fraction of sp³-hybridized carbons (Fsp3) is 0.130. The van der Waals surface area contributed by atoms with Gasteiger partial charge in [-0.2, -0.15) is 5.26 Å². The van der Waals surface area contributed by atoms with Gasteiger partial charge in [0.1, 0.15) is 17.6 Å². The topological polar surface area (TPSA) is 76.9 Å². The van der Waals surface area contributed by atoms with Crippen molar-refractivity contribution in [2.24, 2.45) is 12.8 Å². The van der Waals surface area contributed by atoms with Crippen molar-refractivity contribution in [1.82, 2.24) is 9.55 Å². The molecular formula is C23H21ClN4O. The van der Waals surface area contributed by atoms with Crippen LogP contribution in [0.4, 0.5) is 0 Å². The maximum Gasteiger partial charge on any atom is 0.145 e. The number of benzene rings is 3. The lowest BCUT2D eigenvalue weighted by Gasteiger charge is -2.15. The molecule has 0 amide bonds. The van der Waals surface area contributed by atoms with Crippen LogP contribution in [0.25, 0.3) is 10.8 Å². The van der Waals surface area contributed by atoms with Crippen molar-refractivity contribution >= 4 is 23.2 Å². The van der Waals surface area contributed by atoms with Crippen molar-refractivity contribution in [3.63, 3.8) is 0 Å². The van der Waals surface area contributed by atoms with E-state index in [4.69, 9.17) is 10.5 Å². The minimum absolute atomic E-state index is 0. The molecule has 5 nitrogen and oxygen atoms in total. The summed E-state index contributed by atoms with van der Waals surface area (Å²) in [6.45, 7) is 0. The van der Waals surface area contributed by atoms with E-state index in [9.17, 15) is 5.26 Å². The van der Waals surface area contributed by atoms with E-state index in [1.165, 1.54) is 0 Å². The van der Waals surface area contributed by atoms with Crippen molar-refractivity contribution in [3.05, 3.63) is 90.0 Å². The van der Waals surface area contributed by atoms with E-state index in [0.29, 0.717) is 23.5 Å². The highest BCUT2D eigenvalue weighted by Gasteiger charge is 2.14. The molecule has 1 heterocycles. The summed E-state index contributed by atoms with van der Waals surface area (Å²) in [5, 5.41) is 11.7. The molecule has 29 heavy (non-hydrogen) atoms. The van der Waals surface area contributed by atoms with Crippen LogP contribution in [0, 0.1) is 11.3 Å². The van der Waals surface area contributed by atoms with Gasteiger partial charge in [-0.05, 0) is 40.6 Å². The average Bonchev–Trinajstić information content (AvgIpc) is 3.12. The SMILES string of the molecule is Cl.Cn1cncc1CC(N)c1ccc(C#N)c(Oc2ccc3ccccc3c2)c1. The van der Waals surface area contributed by atoms with Crippen LogP contribution >= 0.6 is 12.4 Å². The summed E-state index contributed by atoms with van der Waals surface area (Å²) in [7, 11) is 1.95. The molecule has 0 bridgehead atoms. The Morgan fingerprint density at radius 1 is 1.10 bits per heavy atom. The number of nitriles is 1. The van der Waals surface area contributed by atoms with Gasteiger partial charge in [0.05, 0.1) is 11.9 Å². The minimum Gasteiger partial charge on any atom is -0.456 e. The Morgan fingerprint density at radius 2 is 1.90 bits per heavy atom. The molecular weight excluding hydrogens is 384 g/mol. The van der Waals surface area contributed by atoms with Gasteiger partial charge < -0.3 is 15.0 Å². The molecule has 0 spiro atoms. The normalized spacial score (nSPS) is 11.5. The summed E-state index contributed by atoms with van der Waals surface area (Å²) in [6.07, 6.45) is 4.23. The summed E-state index contributed by atoms with van der Waals surface area (Å²) < 4.78 is 8.02. The monoisotopic (exact) mass is 404 g/mol. The van der Waals surface area contributed by atoms with Gasteiger partial charge in [0.2, 0.25) is 0 Å². The van der Waals surface area contributed by atoms with E-state index in [1.807, 2.05) is 66.3 Å². The molecule has 0 aliphatic carbocycles. The molecule has 4 rings (SSSR count). The predicted octanol–water partition coefficient (Wildman–Crippen LogP) is 4.90. The summed E-state index contributed by atoms with van der Waals surface area (Å²) in [5.74, 6) is 1.20. The number of imidazole rings is 1. The molecule has 146 valence electrons. The second-order valence-electron chi connectivity index (χ2n) is 6.78. The molecule has 0 aliphatic rings. The van der Waals surface area contributed by atoms with Crippen LogP contribution in [0.5, 0.6) is 11.5 Å². The smallest absolute Gasteiger partial charge is 0.145 e. The highest BCUT2D eigenvalue weighted by molar-refractivity contribution is 5.85. The summed E-state index contributed by atoms with van der Waals surface area (Å²) >= 11 is 0. The Bertz CT molecular complexity index is 1180. The highest BCUT2D eigenvalue weighted by atomic mass is 35.5. The lowest BCUT2D eigenvalue weighted by molar-refractivity contribution is 0.480. The molecule has 1 unspecified atom stereocenters. The van der Waals surface area contributed by atoms with Gasteiger partial charge >= 0.3 is 0 Å². The first-order valence-electron chi connectivity index (χ1n) is 9.05. The fourth-order valence-corrected chi connectivity index (χ4v) is 3.23. The van der Waals surface area contributed by atoms with Crippen LogP contribution in [0.15, 0.2) is 73.2 Å². The first-order valence-corrected chi connectivity index (χ1v) is 9.05. The Morgan fingerprint density at radius 3 is 2.62 bits per heavy atom. The van der Waals surface area contributed by atoms with Crippen molar-refractivity contribution in [1.29, 1.82) is 5.26 Å². The summed E-state index contributed by atoms with van der Waals surface area (Å²) in [5.41, 5.74) is 8.84. The maximum atomic E-state index is 9.47. The van der Waals surface area contributed by atoms with Crippen molar-refractivity contribution in [3.8, 4) is 17.6 Å². The Kier molecular flexibility index (Phi) is 6.18. The van der Waals surface area contributed by atoms with Crippen LogP contribution in [0.2, 0.25) is 0 Å². The third-order valence-electron chi connectivity index (χ3n) is 4.85. The number of rotatable bonds is 5. The van der Waals surface area contributed by atoms with Crippen molar-refractivity contribution in [2.45, 2.75) is 12.5 Å². The molecule has 6 heteroatoms. The molecule has 1 atom stereocenters. The minimum atomic E-state index is -0.220. The number of ether oxygens (including phenoxy) is 1. The van der Waals surface area contributed by atoms with Crippen LogP contribution in [-0.4, -0.2) is 9.55 Å². The second-order valence-corrected chi connectivity index (χ2v) is 6.78. The van der Waals surface area contributed by atoms with E-state index in [2.05, 4.69) is 17.1 Å². The number of hydrogen-bond acceptors (Lipinski definition) is 4. The summed E-state index contributed by atoms with van der Waals surface area (Å²) in [4.78, 5) is 4.13. The number of fused-ring (bicyclic) bond motifs is 1. The quantitative estimate of drug-likeness (QED) is 0.513. The molecule has 0 aliphatic heterocycles. The van der Waals surface area contributed by atoms with Crippen LogP contribution in [0.3, 0.4) is 0 Å². The summed E-state index contributed by atoms with van der Waals surface area (Å²) in [6, 6.07) is 21.4. The third kappa shape index (κ3) is 4.40. The molecule has 0 fully saturated rings. The largest absolute Gasteiger partial charge is 0.456 e. The lowest BCUT2D eigenvalue weighted by Crippen LogP contribution is -2.15. The van der Waals surface area contributed by atoms with E-state index in [0.717, 1.165) is 22.0 Å². The van der Waals surface area contributed by atoms with E-state index < -0.39 is 0 Å². The van der Waals surface area contributed by atoms with Crippen LogP contribution < -0.4 is 10.5 Å².